The topological polar surface area (TPSA) is 184 Å². The Balaban J connectivity index is 1.91. The largest absolute Gasteiger partial charge is 0.506 e. The third-order valence-corrected chi connectivity index (χ3v) is 9.16. The van der Waals surface area contributed by atoms with E-state index in [0.717, 1.165) is 18.4 Å². The van der Waals surface area contributed by atoms with Crippen molar-refractivity contribution in [3.63, 3.8) is 0 Å². The molecule has 0 amide bonds. The number of halogens is 2. The van der Waals surface area contributed by atoms with Gasteiger partial charge in [-0.15, -0.1) is 9.95 Å². The van der Waals surface area contributed by atoms with Crippen LogP contribution in [-0.4, -0.2) is 67.9 Å². The number of nitrogens with zero attached hydrogens (tertiary/aromatic N) is 3. The van der Waals surface area contributed by atoms with E-state index in [1.807, 2.05) is 0 Å². The molecule has 0 spiro atoms. The zero-order valence-electron chi connectivity index (χ0n) is 20.0. The van der Waals surface area contributed by atoms with Crippen LogP contribution >= 0.6 is 22.3 Å². The SMILES string of the molecule is CS(=O)(=O)Nc1cccc2c(O)c(S(=O)(=O)NN3CCOCC3)cc(/N=N/c3ccc(Cl)c(S(=O)(=O)Cl)c3)c12. The number of hydrazine groups is 1. The van der Waals surface area contributed by atoms with Crippen molar-refractivity contribution in [1.82, 2.24) is 9.84 Å². The van der Waals surface area contributed by atoms with Gasteiger partial charge in [-0.2, -0.15) is 5.11 Å². The molecule has 3 aromatic carbocycles. The smallest absolute Gasteiger partial charge is 0.262 e. The summed E-state index contributed by atoms with van der Waals surface area (Å²) >= 11 is 5.91. The van der Waals surface area contributed by atoms with Gasteiger partial charge >= 0.3 is 0 Å². The fourth-order valence-corrected chi connectivity index (χ4v) is 7.03. The van der Waals surface area contributed by atoms with Gasteiger partial charge in [0.1, 0.15) is 15.5 Å². The summed E-state index contributed by atoms with van der Waals surface area (Å²) in [6.07, 6.45) is 0.916. The van der Waals surface area contributed by atoms with E-state index in [1.54, 1.807) is 0 Å². The van der Waals surface area contributed by atoms with E-state index in [1.165, 1.54) is 35.3 Å². The van der Waals surface area contributed by atoms with Gasteiger partial charge in [0.05, 0.1) is 41.6 Å². The first-order chi connectivity index (χ1) is 18.2. The number of sulfonamides is 2. The lowest BCUT2D eigenvalue weighted by molar-refractivity contribution is 0.0272. The van der Waals surface area contributed by atoms with Crippen molar-refractivity contribution < 1.29 is 35.1 Å². The van der Waals surface area contributed by atoms with Gasteiger partial charge in [0.25, 0.3) is 19.1 Å². The maximum atomic E-state index is 13.3. The van der Waals surface area contributed by atoms with Crippen molar-refractivity contribution >= 4 is 79.2 Å². The first-order valence-corrected chi connectivity index (χ1v) is 17.0. The minimum atomic E-state index is -4.35. The van der Waals surface area contributed by atoms with Crippen molar-refractivity contribution in [2.45, 2.75) is 9.79 Å². The van der Waals surface area contributed by atoms with Gasteiger partial charge in [-0.25, -0.2) is 30.3 Å². The van der Waals surface area contributed by atoms with Gasteiger partial charge in [0, 0.05) is 34.5 Å². The predicted octanol–water partition coefficient (Wildman–Crippen LogP) is 3.44. The molecule has 13 nitrogen and oxygen atoms in total. The van der Waals surface area contributed by atoms with Gasteiger partial charge in [-0.1, -0.05) is 23.7 Å². The van der Waals surface area contributed by atoms with Crippen LogP contribution in [0, 0.1) is 0 Å². The lowest BCUT2D eigenvalue weighted by atomic mass is 10.1. The van der Waals surface area contributed by atoms with Crippen LogP contribution in [0.25, 0.3) is 10.8 Å². The summed E-state index contributed by atoms with van der Waals surface area (Å²) < 4.78 is 81.7. The van der Waals surface area contributed by atoms with Crippen molar-refractivity contribution in [3.05, 3.63) is 47.5 Å². The fraction of sp³-hybridized carbons (Fsp3) is 0.238. The standard InChI is InChI=1S/C21H21Cl2N5O8S3/c1-37(30,31)26-16-4-2-3-14-20(16)17(25-24-13-5-6-15(22)18(11-13)38(23,32)33)12-19(21(14)29)39(34,35)27-28-7-9-36-10-8-28/h2-6,11-12,26-27,29H,7-10H2,1H3/b25-24+. The molecule has 1 heterocycles. The van der Waals surface area contributed by atoms with Gasteiger partial charge in [0.2, 0.25) is 10.0 Å². The molecule has 3 N–H and O–H groups in total. The Morgan fingerprint density at radius 1 is 0.974 bits per heavy atom. The zero-order chi connectivity index (χ0) is 28.6. The summed E-state index contributed by atoms with van der Waals surface area (Å²) in [6.45, 7) is 1.14. The number of rotatable bonds is 8. The molecule has 1 aliphatic rings. The minimum absolute atomic E-state index is 0.00975. The maximum absolute atomic E-state index is 13.3. The predicted molar refractivity (Wildman–Crippen MR) is 145 cm³/mol. The number of aromatic hydroxyl groups is 1. The van der Waals surface area contributed by atoms with Crippen LogP contribution in [0.3, 0.4) is 0 Å². The summed E-state index contributed by atoms with van der Waals surface area (Å²) in [4.78, 5) is 1.42. The molecule has 1 fully saturated rings. The van der Waals surface area contributed by atoms with Crippen molar-refractivity contribution in [1.29, 1.82) is 0 Å². The summed E-state index contributed by atoms with van der Waals surface area (Å²) in [5.41, 5.74) is -0.171. The number of phenols is 1. The number of nitrogens with one attached hydrogen (secondary N) is 2. The number of morpholine rings is 1. The molecule has 0 unspecified atom stereocenters. The average Bonchev–Trinajstić information content (AvgIpc) is 2.83. The normalized spacial score (nSPS) is 15.7. The van der Waals surface area contributed by atoms with E-state index in [-0.39, 0.29) is 45.9 Å². The molecule has 3 aromatic rings. The second kappa shape index (κ2) is 11.1. The van der Waals surface area contributed by atoms with Gasteiger partial charge in [-0.3, -0.25) is 4.72 Å². The fourth-order valence-electron chi connectivity index (χ4n) is 3.72. The van der Waals surface area contributed by atoms with Gasteiger partial charge in [0.15, 0.2) is 0 Å². The van der Waals surface area contributed by atoms with Crippen LogP contribution in [0.4, 0.5) is 17.1 Å². The highest BCUT2D eigenvalue weighted by atomic mass is 35.7. The lowest BCUT2D eigenvalue weighted by Gasteiger charge is -2.27. The van der Waals surface area contributed by atoms with E-state index in [9.17, 15) is 30.4 Å². The van der Waals surface area contributed by atoms with E-state index in [2.05, 4.69) is 19.8 Å². The van der Waals surface area contributed by atoms with Crippen molar-refractivity contribution in [2.24, 2.45) is 10.2 Å². The Kier molecular flexibility index (Phi) is 8.39. The summed E-state index contributed by atoms with van der Waals surface area (Å²) in [5.74, 6) is -0.649. The highest BCUT2D eigenvalue weighted by Crippen LogP contribution is 2.43. The van der Waals surface area contributed by atoms with Crippen LogP contribution < -0.4 is 9.55 Å². The molecule has 0 aromatic heterocycles. The van der Waals surface area contributed by atoms with E-state index in [0.29, 0.717) is 13.2 Å². The molecule has 1 aliphatic heterocycles. The Bertz CT molecular complexity index is 1790. The first kappa shape index (κ1) is 29.4. The zero-order valence-corrected chi connectivity index (χ0v) is 24.0. The Morgan fingerprint density at radius 2 is 1.67 bits per heavy atom. The molecule has 1 saturated heterocycles. The minimum Gasteiger partial charge on any atom is -0.506 e. The molecule has 39 heavy (non-hydrogen) atoms. The molecule has 0 aliphatic carbocycles. The summed E-state index contributed by atoms with van der Waals surface area (Å²) in [7, 11) is -6.95. The second-order valence-electron chi connectivity index (χ2n) is 8.29. The number of anilines is 1. The van der Waals surface area contributed by atoms with Crippen LogP contribution in [0.2, 0.25) is 5.02 Å². The molecule has 0 bridgehead atoms. The molecule has 0 radical (unpaired) electrons. The first-order valence-electron chi connectivity index (χ1n) is 10.9. The molecular formula is C21H21Cl2N5O8S3. The quantitative estimate of drug-likeness (QED) is 0.246. The third-order valence-electron chi connectivity index (χ3n) is 5.37. The lowest BCUT2D eigenvalue weighted by Crippen LogP contribution is -2.48. The number of fused-ring (bicyclic) bond motifs is 1. The summed E-state index contributed by atoms with van der Waals surface area (Å²) in [5, 5.41) is 20.3. The van der Waals surface area contributed by atoms with Crippen LogP contribution in [-0.2, 0) is 33.8 Å². The number of benzene rings is 3. The third kappa shape index (κ3) is 6.96. The van der Waals surface area contributed by atoms with Crippen LogP contribution in [0.5, 0.6) is 5.75 Å². The van der Waals surface area contributed by atoms with Crippen LogP contribution in [0.15, 0.2) is 62.5 Å². The molecule has 4 rings (SSSR count). The second-order valence-corrected chi connectivity index (χ2v) is 14.6. The Morgan fingerprint density at radius 3 is 2.31 bits per heavy atom. The Labute approximate surface area is 233 Å². The number of hydrogen-bond acceptors (Lipinski definition) is 11. The monoisotopic (exact) mass is 637 g/mol. The van der Waals surface area contributed by atoms with Crippen LogP contribution in [0.1, 0.15) is 0 Å². The summed E-state index contributed by atoms with van der Waals surface area (Å²) in [6, 6.07) is 8.84. The number of phenolic OH excluding ortho intramolecular Hbond substituents is 1. The van der Waals surface area contributed by atoms with Crippen molar-refractivity contribution in [2.75, 3.05) is 37.3 Å². The highest BCUT2D eigenvalue weighted by molar-refractivity contribution is 8.13. The van der Waals surface area contributed by atoms with Crippen molar-refractivity contribution in [3.8, 4) is 5.75 Å². The molecule has 0 saturated carbocycles. The highest BCUT2D eigenvalue weighted by Gasteiger charge is 2.27. The van der Waals surface area contributed by atoms with Gasteiger partial charge in [-0.05, 0) is 30.3 Å². The number of azo groups is 1. The number of ether oxygens (including phenoxy) is 1. The maximum Gasteiger partial charge on any atom is 0.262 e. The van der Waals surface area contributed by atoms with E-state index in [4.69, 9.17) is 27.0 Å². The molecule has 0 atom stereocenters. The van der Waals surface area contributed by atoms with Gasteiger partial charge < -0.3 is 9.84 Å². The average molecular weight is 639 g/mol. The Hall–Kier alpha value is -2.57. The molecule has 18 heteroatoms. The van der Waals surface area contributed by atoms with E-state index < -0.39 is 44.6 Å². The molecule has 210 valence electrons. The number of hydrogen-bond donors (Lipinski definition) is 3. The van der Waals surface area contributed by atoms with E-state index >= 15 is 0 Å². The molecular weight excluding hydrogens is 617 g/mol.